The van der Waals surface area contributed by atoms with Gasteiger partial charge in [0.25, 0.3) is 0 Å². The highest BCUT2D eigenvalue weighted by Gasteiger charge is 2.31. The summed E-state index contributed by atoms with van der Waals surface area (Å²) in [6, 6.07) is 5.32. The molecule has 188 valence electrons. The Kier molecular flexibility index (Phi) is 10.7. The number of benzene rings is 1. The molecule has 34 heavy (non-hydrogen) atoms. The van der Waals surface area contributed by atoms with E-state index in [1.165, 1.54) is 25.3 Å². The van der Waals surface area contributed by atoms with Gasteiger partial charge in [-0.25, -0.2) is 0 Å². The highest BCUT2D eigenvalue weighted by Crippen LogP contribution is 2.34. The van der Waals surface area contributed by atoms with Crippen LogP contribution in [0.3, 0.4) is 0 Å². The van der Waals surface area contributed by atoms with E-state index >= 15 is 0 Å². The second kappa shape index (κ2) is 13.3. The van der Waals surface area contributed by atoms with Gasteiger partial charge in [0, 0.05) is 53.1 Å². The van der Waals surface area contributed by atoms with Crippen molar-refractivity contribution in [2.75, 3.05) is 6.54 Å². The van der Waals surface area contributed by atoms with Crippen LogP contribution in [0.25, 0.3) is 11.4 Å². The summed E-state index contributed by atoms with van der Waals surface area (Å²) in [5, 5.41) is 19.2. The molecule has 3 N–H and O–H groups in total. The van der Waals surface area contributed by atoms with E-state index in [0.717, 1.165) is 54.0 Å². The summed E-state index contributed by atoms with van der Waals surface area (Å²) < 4.78 is 39.1. The molecule has 0 aliphatic carbocycles. The first-order chi connectivity index (χ1) is 16.3. The highest BCUT2D eigenvalue weighted by atomic mass is 19.4. The Morgan fingerprint density at radius 2 is 1.82 bits per heavy atom. The summed E-state index contributed by atoms with van der Waals surface area (Å²) in [4.78, 5) is 4.30. The standard InChI is InChI=1S/C25H32F3N3O.C2H6/c1-3-5-6-8-18(7-4-2)31-22-12-14-30-24(19-11-13-29-16-21(19)22)20-10-9-17(15-23(20)32)25(26,27)28;1-2/h9-11,13,15-16,18,30-32H,3-8,12,14H2,1-2H3;1-2H3. The molecule has 1 unspecified atom stereocenters. The number of phenols is 1. The van der Waals surface area contributed by atoms with Gasteiger partial charge in [-0.2, -0.15) is 13.2 Å². The third-order valence-corrected chi connectivity index (χ3v) is 5.86. The minimum Gasteiger partial charge on any atom is -0.507 e. The molecule has 1 aromatic carbocycles. The lowest BCUT2D eigenvalue weighted by atomic mass is 10.0. The summed E-state index contributed by atoms with van der Waals surface area (Å²) in [7, 11) is 0. The Morgan fingerprint density at radius 3 is 2.47 bits per heavy atom. The lowest BCUT2D eigenvalue weighted by Gasteiger charge is -2.21. The number of nitrogens with zero attached hydrogens (tertiary/aromatic N) is 1. The number of pyridine rings is 1. The fourth-order valence-electron chi connectivity index (χ4n) is 4.23. The second-order valence-corrected chi connectivity index (χ2v) is 8.31. The number of rotatable bonds is 9. The molecule has 1 aromatic heterocycles. The van der Waals surface area contributed by atoms with Gasteiger partial charge in [0.2, 0.25) is 0 Å². The molecule has 0 fully saturated rings. The van der Waals surface area contributed by atoms with E-state index in [9.17, 15) is 18.3 Å². The maximum absolute atomic E-state index is 13.0. The van der Waals surface area contributed by atoms with Crippen LogP contribution in [0.5, 0.6) is 5.75 Å². The Bertz CT molecular complexity index is 1030. The molecule has 1 aliphatic rings. The predicted octanol–water partition coefficient (Wildman–Crippen LogP) is 5.43. The van der Waals surface area contributed by atoms with Gasteiger partial charge in [-0.1, -0.05) is 53.4 Å². The van der Waals surface area contributed by atoms with Crippen LogP contribution in [0.15, 0.2) is 36.7 Å². The van der Waals surface area contributed by atoms with E-state index < -0.39 is 17.5 Å². The molecule has 2 heterocycles. The highest BCUT2D eigenvalue weighted by molar-refractivity contribution is 5.70. The van der Waals surface area contributed by atoms with Crippen molar-refractivity contribution < 1.29 is 18.3 Å². The first-order valence-electron chi connectivity index (χ1n) is 12.4. The normalized spacial score (nSPS) is 14.3. The molecule has 4 nitrogen and oxygen atoms in total. The van der Waals surface area contributed by atoms with E-state index in [1.54, 1.807) is 12.4 Å². The number of alkyl halides is 3. The smallest absolute Gasteiger partial charge is 0.416 e. The number of hydrogen-bond acceptors (Lipinski definition) is 4. The van der Waals surface area contributed by atoms with Gasteiger partial charge in [0.05, 0.1) is 11.3 Å². The van der Waals surface area contributed by atoms with Crippen LogP contribution in [-0.2, 0) is 6.18 Å². The van der Waals surface area contributed by atoms with Crippen LogP contribution in [0, 0.1) is 0 Å². The van der Waals surface area contributed by atoms with Crippen LogP contribution in [0.2, 0.25) is 0 Å². The molecule has 0 bridgehead atoms. The zero-order valence-corrected chi connectivity index (χ0v) is 20.7. The van der Waals surface area contributed by atoms with E-state index in [0.29, 0.717) is 23.8 Å². The molecule has 1 atom stereocenters. The summed E-state index contributed by atoms with van der Waals surface area (Å²) >= 11 is 0. The summed E-state index contributed by atoms with van der Waals surface area (Å²) in [5.74, 6) is -0.398. The Morgan fingerprint density at radius 1 is 1.06 bits per heavy atom. The number of nitrogens with one attached hydrogen (secondary N) is 2. The summed E-state index contributed by atoms with van der Waals surface area (Å²) in [5.41, 5.74) is 1.17. The van der Waals surface area contributed by atoms with Crippen molar-refractivity contribution in [1.29, 1.82) is 0 Å². The Hall–Kier alpha value is -2.70. The van der Waals surface area contributed by atoms with E-state index in [1.807, 2.05) is 19.9 Å². The monoisotopic (exact) mass is 477 g/mol. The number of halogens is 3. The van der Waals surface area contributed by atoms with E-state index in [4.69, 9.17) is 0 Å². The van der Waals surface area contributed by atoms with Crippen molar-refractivity contribution >= 4 is 11.4 Å². The molecule has 0 saturated carbocycles. The van der Waals surface area contributed by atoms with Gasteiger partial charge in [0.15, 0.2) is 0 Å². The maximum Gasteiger partial charge on any atom is 0.416 e. The summed E-state index contributed by atoms with van der Waals surface area (Å²) in [6.45, 7) is 8.98. The lowest BCUT2D eigenvalue weighted by Crippen LogP contribution is -2.37. The second-order valence-electron chi connectivity index (χ2n) is 8.31. The van der Waals surface area contributed by atoms with Gasteiger partial charge in [-0.3, -0.25) is 4.98 Å². The van der Waals surface area contributed by atoms with Crippen molar-refractivity contribution in [3.05, 3.63) is 58.2 Å². The van der Waals surface area contributed by atoms with Gasteiger partial charge in [-0.15, -0.1) is 0 Å². The van der Waals surface area contributed by atoms with Gasteiger partial charge < -0.3 is 15.7 Å². The van der Waals surface area contributed by atoms with Crippen LogP contribution >= 0.6 is 0 Å². The molecule has 1 aliphatic heterocycles. The number of aromatic hydroxyl groups is 1. The van der Waals surface area contributed by atoms with E-state index in [2.05, 4.69) is 29.5 Å². The van der Waals surface area contributed by atoms with Crippen molar-refractivity contribution in [3.63, 3.8) is 0 Å². The van der Waals surface area contributed by atoms with Crippen LogP contribution in [0.4, 0.5) is 13.2 Å². The zero-order valence-electron chi connectivity index (χ0n) is 20.7. The maximum atomic E-state index is 13.0. The lowest BCUT2D eigenvalue weighted by molar-refractivity contribution is -0.137. The molecule has 3 rings (SSSR count). The third kappa shape index (κ3) is 7.15. The van der Waals surface area contributed by atoms with Crippen molar-refractivity contribution in [2.45, 2.75) is 84.9 Å². The zero-order chi connectivity index (χ0) is 25.1. The molecular formula is C27H38F3N3O. The van der Waals surface area contributed by atoms with Crippen LogP contribution in [0.1, 0.15) is 83.8 Å². The molecule has 0 spiro atoms. The topological polar surface area (TPSA) is 57.2 Å². The average molecular weight is 478 g/mol. The van der Waals surface area contributed by atoms with E-state index in [-0.39, 0.29) is 0 Å². The number of aromatic nitrogens is 1. The largest absolute Gasteiger partial charge is 0.507 e. The quantitative estimate of drug-likeness (QED) is 0.422. The molecule has 0 amide bonds. The summed E-state index contributed by atoms with van der Waals surface area (Å²) in [6.07, 6.45) is 6.52. The predicted molar refractivity (Wildman–Crippen MR) is 132 cm³/mol. The number of fused-ring (bicyclic) bond motifs is 1. The Balaban J connectivity index is 0.00000199. The van der Waals surface area contributed by atoms with Crippen LogP contribution < -0.4 is 21.1 Å². The molecule has 7 heteroatoms. The average Bonchev–Trinajstić information content (AvgIpc) is 3.00. The van der Waals surface area contributed by atoms with Crippen molar-refractivity contribution in [2.24, 2.45) is 0 Å². The van der Waals surface area contributed by atoms with Crippen LogP contribution in [-0.4, -0.2) is 22.7 Å². The molecule has 0 radical (unpaired) electrons. The fourth-order valence-corrected chi connectivity index (χ4v) is 4.23. The number of unbranched alkanes of at least 4 members (excludes halogenated alkanes) is 2. The van der Waals surface area contributed by atoms with Gasteiger partial charge in [0.1, 0.15) is 5.75 Å². The first-order valence-corrected chi connectivity index (χ1v) is 12.4. The van der Waals surface area contributed by atoms with Gasteiger partial charge in [-0.05, 0) is 37.1 Å². The van der Waals surface area contributed by atoms with Crippen molar-refractivity contribution in [3.8, 4) is 5.75 Å². The van der Waals surface area contributed by atoms with Crippen molar-refractivity contribution in [1.82, 2.24) is 15.6 Å². The fraction of sp³-hybridized carbons (Fsp3) is 0.519. The van der Waals surface area contributed by atoms with Gasteiger partial charge >= 0.3 is 6.18 Å². The number of hydrogen-bond donors (Lipinski definition) is 3. The molecular weight excluding hydrogens is 439 g/mol. The first kappa shape index (κ1) is 27.5. The third-order valence-electron chi connectivity index (χ3n) is 5.86. The molecule has 0 saturated heterocycles. The minimum absolute atomic E-state index is 0.347. The minimum atomic E-state index is -4.50. The SMILES string of the molecule is CC.CCCCCC(CCC)NC1=c2cnccc2=C(c2ccc(C(F)(F)F)cc2O)NCC1. The molecule has 2 aromatic rings. The Labute approximate surface area is 201 Å². The number of phenolic OH excluding ortho intramolecular Hbond substituents is 1.